The maximum absolute atomic E-state index is 10.6. The summed E-state index contributed by atoms with van der Waals surface area (Å²) in [6, 6.07) is 5.83. The molecule has 0 aliphatic rings. The zero-order chi connectivity index (χ0) is 11.5. The molecular weight excluding hydrogens is 230 g/mol. The summed E-state index contributed by atoms with van der Waals surface area (Å²) in [4.78, 5) is 18.1. The Kier molecular flexibility index (Phi) is 2.78. The normalized spacial score (nSPS) is 10.1. The number of nitro groups is 1. The molecule has 80 valence electrons. The van der Waals surface area contributed by atoms with Crippen LogP contribution in [0.2, 0.25) is 5.02 Å². The molecule has 0 radical (unpaired) electrons. The smallest absolute Gasteiger partial charge is 0.258 e. The quantitative estimate of drug-likeness (QED) is 0.593. The first-order valence-corrected chi connectivity index (χ1v) is 4.77. The number of nitrogens with zero attached hydrogens (tertiary/aromatic N) is 3. The van der Waals surface area contributed by atoms with E-state index in [1.807, 2.05) is 0 Å². The first-order valence-electron chi connectivity index (χ1n) is 4.40. The Labute approximate surface area is 95.9 Å². The monoisotopic (exact) mass is 235 g/mol. The Hall–Kier alpha value is -2.01. The van der Waals surface area contributed by atoms with Gasteiger partial charge in [-0.15, -0.1) is 0 Å². The molecule has 0 unspecified atom stereocenters. The molecule has 0 saturated heterocycles. The van der Waals surface area contributed by atoms with Crippen molar-refractivity contribution in [2.75, 3.05) is 0 Å². The molecule has 1 aromatic carbocycles. The van der Waals surface area contributed by atoms with E-state index in [2.05, 4.69) is 9.97 Å². The van der Waals surface area contributed by atoms with Gasteiger partial charge in [0.1, 0.15) is 0 Å². The lowest BCUT2D eigenvalue weighted by Gasteiger charge is -2.01. The van der Waals surface area contributed by atoms with Gasteiger partial charge in [-0.3, -0.25) is 10.1 Å². The van der Waals surface area contributed by atoms with Crippen LogP contribution in [0.1, 0.15) is 0 Å². The van der Waals surface area contributed by atoms with Crippen molar-refractivity contribution in [2.45, 2.75) is 0 Å². The van der Waals surface area contributed by atoms with E-state index in [4.69, 9.17) is 11.6 Å². The predicted octanol–water partition coefficient (Wildman–Crippen LogP) is 2.71. The van der Waals surface area contributed by atoms with Crippen LogP contribution in [0.25, 0.3) is 11.4 Å². The van der Waals surface area contributed by atoms with Gasteiger partial charge in [0.05, 0.1) is 9.95 Å². The van der Waals surface area contributed by atoms with Crippen molar-refractivity contribution in [3.8, 4) is 11.4 Å². The standard InChI is InChI=1S/C10H6ClN3O2/c11-9-3-2-7(14(15)16)6-8(9)10-12-4-1-5-13-10/h1-6H. The molecule has 0 saturated carbocycles. The van der Waals surface area contributed by atoms with Crippen LogP contribution in [0, 0.1) is 10.1 Å². The van der Waals surface area contributed by atoms with Crippen LogP contribution in [-0.4, -0.2) is 14.9 Å². The van der Waals surface area contributed by atoms with Crippen LogP contribution in [0.15, 0.2) is 36.7 Å². The molecule has 6 heteroatoms. The first kappa shape index (κ1) is 10.5. The maximum atomic E-state index is 10.6. The molecule has 5 nitrogen and oxygen atoms in total. The molecule has 0 spiro atoms. The molecule has 0 N–H and O–H groups in total. The molecule has 0 aliphatic carbocycles. The van der Waals surface area contributed by atoms with Gasteiger partial charge in [0.2, 0.25) is 0 Å². The largest absolute Gasteiger partial charge is 0.270 e. The average molecular weight is 236 g/mol. The fourth-order valence-corrected chi connectivity index (χ4v) is 1.44. The van der Waals surface area contributed by atoms with Crippen LogP contribution in [-0.2, 0) is 0 Å². The van der Waals surface area contributed by atoms with Gasteiger partial charge in [-0.25, -0.2) is 9.97 Å². The third-order valence-corrected chi connectivity index (χ3v) is 2.30. The molecule has 0 bridgehead atoms. The second-order valence-electron chi connectivity index (χ2n) is 2.99. The Morgan fingerprint density at radius 2 is 1.94 bits per heavy atom. The first-order chi connectivity index (χ1) is 7.68. The van der Waals surface area contributed by atoms with Crippen molar-refractivity contribution >= 4 is 17.3 Å². The van der Waals surface area contributed by atoms with Crippen molar-refractivity contribution < 1.29 is 4.92 Å². The van der Waals surface area contributed by atoms with E-state index in [1.54, 1.807) is 18.5 Å². The van der Waals surface area contributed by atoms with Gasteiger partial charge in [-0.05, 0) is 12.1 Å². The highest BCUT2D eigenvalue weighted by atomic mass is 35.5. The fraction of sp³-hybridized carbons (Fsp3) is 0. The van der Waals surface area contributed by atoms with Crippen molar-refractivity contribution in [1.29, 1.82) is 0 Å². The third-order valence-electron chi connectivity index (χ3n) is 1.97. The minimum Gasteiger partial charge on any atom is -0.258 e. The summed E-state index contributed by atoms with van der Waals surface area (Å²) in [7, 11) is 0. The molecule has 16 heavy (non-hydrogen) atoms. The van der Waals surface area contributed by atoms with Crippen LogP contribution in [0.3, 0.4) is 0 Å². The molecule has 1 heterocycles. The number of nitro benzene ring substituents is 1. The number of rotatable bonds is 2. The van der Waals surface area contributed by atoms with Crippen LogP contribution in [0.4, 0.5) is 5.69 Å². The molecule has 2 aromatic rings. The van der Waals surface area contributed by atoms with Gasteiger partial charge >= 0.3 is 0 Å². The van der Waals surface area contributed by atoms with Gasteiger partial charge in [-0.2, -0.15) is 0 Å². The van der Waals surface area contributed by atoms with E-state index in [0.717, 1.165) is 0 Å². The summed E-state index contributed by atoms with van der Waals surface area (Å²) >= 11 is 5.93. The van der Waals surface area contributed by atoms with Crippen molar-refractivity contribution in [2.24, 2.45) is 0 Å². The maximum Gasteiger partial charge on any atom is 0.270 e. The number of hydrogen-bond acceptors (Lipinski definition) is 4. The zero-order valence-corrected chi connectivity index (χ0v) is 8.76. The molecule has 0 aliphatic heterocycles. The number of non-ortho nitro benzene ring substituents is 1. The van der Waals surface area contributed by atoms with Gasteiger partial charge in [0.25, 0.3) is 5.69 Å². The lowest BCUT2D eigenvalue weighted by atomic mass is 10.2. The Morgan fingerprint density at radius 3 is 2.56 bits per heavy atom. The summed E-state index contributed by atoms with van der Waals surface area (Å²) in [5, 5.41) is 11.0. The minimum atomic E-state index is -0.483. The summed E-state index contributed by atoms with van der Waals surface area (Å²) in [6.45, 7) is 0. The van der Waals surface area contributed by atoms with E-state index in [-0.39, 0.29) is 5.69 Å². The van der Waals surface area contributed by atoms with Crippen LogP contribution < -0.4 is 0 Å². The number of benzene rings is 1. The summed E-state index contributed by atoms with van der Waals surface area (Å²) in [5.74, 6) is 0.371. The Morgan fingerprint density at radius 1 is 1.25 bits per heavy atom. The second kappa shape index (κ2) is 4.24. The molecule has 0 atom stereocenters. The Bertz CT molecular complexity index is 531. The van der Waals surface area contributed by atoms with E-state index in [1.165, 1.54) is 18.2 Å². The number of halogens is 1. The molecular formula is C10H6ClN3O2. The van der Waals surface area contributed by atoms with Gasteiger partial charge < -0.3 is 0 Å². The summed E-state index contributed by atoms with van der Waals surface area (Å²) in [6.07, 6.45) is 3.11. The average Bonchev–Trinajstić information content (AvgIpc) is 2.30. The fourth-order valence-electron chi connectivity index (χ4n) is 1.24. The van der Waals surface area contributed by atoms with Gasteiger partial charge in [0, 0.05) is 30.1 Å². The highest BCUT2D eigenvalue weighted by Gasteiger charge is 2.12. The molecule has 0 fully saturated rings. The summed E-state index contributed by atoms with van der Waals surface area (Å²) < 4.78 is 0. The van der Waals surface area contributed by atoms with Gasteiger partial charge in [-0.1, -0.05) is 11.6 Å². The molecule has 1 aromatic heterocycles. The lowest BCUT2D eigenvalue weighted by Crippen LogP contribution is -1.92. The van der Waals surface area contributed by atoms with E-state index in [0.29, 0.717) is 16.4 Å². The second-order valence-corrected chi connectivity index (χ2v) is 3.40. The third kappa shape index (κ3) is 1.99. The van der Waals surface area contributed by atoms with Crippen molar-refractivity contribution in [3.63, 3.8) is 0 Å². The summed E-state index contributed by atoms with van der Waals surface area (Å²) in [5.41, 5.74) is 0.420. The molecule has 0 amide bonds. The van der Waals surface area contributed by atoms with Gasteiger partial charge in [0.15, 0.2) is 5.82 Å². The number of aromatic nitrogens is 2. The SMILES string of the molecule is O=[N+]([O-])c1ccc(Cl)c(-c2ncccn2)c1. The Balaban J connectivity index is 2.56. The minimum absolute atomic E-state index is 0.0353. The van der Waals surface area contributed by atoms with E-state index >= 15 is 0 Å². The van der Waals surface area contributed by atoms with Crippen molar-refractivity contribution in [3.05, 3.63) is 51.8 Å². The zero-order valence-electron chi connectivity index (χ0n) is 8.00. The van der Waals surface area contributed by atoms with Crippen LogP contribution in [0.5, 0.6) is 0 Å². The van der Waals surface area contributed by atoms with Crippen LogP contribution >= 0.6 is 11.6 Å². The highest BCUT2D eigenvalue weighted by Crippen LogP contribution is 2.28. The predicted molar refractivity (Wildman–Crippen MR) is 59.1 cm³/mol. The highest BCUT2D eigenvalue weighted by molar-refractivity contribution is 6.33. The van der Waals surface area contributed by atoms with E-state index < -0.39 is 4.92 Å². The van der Waals surface area contributed by atoms with E-state index in [9.17, 15) is 10.1 Å². The number of hydrogen-bond donors (Lipinski definition) is 0. The lowest BCUT2D eigenvalue weighted by molar-refractivity contribution is -0.384. The molecule has 2 rings (SSSR count). The topological polar surface area (TPSA) is 68.9 Å². The van der Waals surface area contributed by atoms with Crippen molar-refractivity contribution in [1.82, 2.24) is 9.97 Å².